The molecule has 116 valence electrons. The number of piperidine rings is 1. The second-order valence-corrected chi connectivity index (χ2v) is 6.15. The second kappa shape index (κ2) is 8.18. The molecule has 3 heteroatoms. The zero-order valence-electron chi connectivity index (χ0n) is 13.3. The summed E-state index contributed by atoms with van der Waals surface area (Å²) >= 11 is 0. The van der Waals surface area contributed by atoms with Crippen LogP contribution in [0.25, 0.3) is 0 Å². The monoisotopic (exact) mass is 289 g/mol. The van der Waals surface area contributed by atoms with Crippen molar-refractivity contribution in [2.75, 3.05) is 26.8 Å². The SMILES string of the molecule is COCCC[C@@H]1CCCN(C(=O)Cc2cccc(C)c2)C1. The van der Waals surface area contributed by atoms with Crippen LogP contribution in [0.2, 0.25) is 0 Å². The van der Waals surface area contributed by atoms with Crippen LogP contribution < -0.4 is 0 Å². The molecule has 1 heterocycles. The van der Waals surface area contributed by atoms with Crippen molar-refractivity contribution in [3.63, 3.8) is 0 Å². The summed E-state index contributed by atoms with van der Waals surface area (Å²) in [4.78, 5) is 14.5. The molecule has 2 rings (SSSR count). The van der Waals surface area contributed by atoms with E-state index in [0.29, 0.717) is 12.3 Å². The first-order chi connectivity index (χ1) is 10.2. The van der Waals surface area contributed by atoms with E-state index in [9.17, 15) is 4.79 Å². The van der Waals surface area contributed by atoms with Crippen molar-refractivity contribution >= 4 is 5.91 Å². The van der Waals surface area contributed by atoms with Crippen LogP contribution in [0.15, 0.2) is 24.3 Å². The maximum atomic E-state index is 12.5. The predicted molar refractivity (Wildman–Crippen MR) is 85.3 cm³/mol. The van der Waals surface area contributed by atoms with Gasteiger partial charge in [-0.3, -0.25) is 4.79 Å². The van der Waals surface area contributed by atoms with Gasteiger partial charge in [0.15, 0.2) is 0 Å². The molecule has 1 atom stereocenters. The van der Waals surface area contributed by atoms with Gasteiger partial charge >= 0.3 is 0 Å². The summed E-state index contributed by atoms with van der Waals surface area (Å²) in [6.45, 7) is 4.74. The highest BCUT2D eigenvalue weighted by atomic mass is 16.5. The first-order valence-corrected chi connectivity index (χ1v) is 8.01. The predicted octanol–water partition coefficient (Wildman–Crippen LogP) is 3.20. The number of amides is 1. The molecule has 1 amide bonds. The standard InChI is InChI=1S/C18H27NO2/c1-15-6-3-7-17(12-15)13-18(20)19-10-4-8-16(14-19)9-5-11-21-2/h3,6-7,12,16H,4-5,8-11,13-14H2,1-2H3/t16-/m0/s1. The number of likely N-dealkylation sites (tertiary alicyclic amines) is 1. The smallest absolute Gasteiger partial charge is 0.226 e. The summed E-state index contributed by atoms with van der Waals surface area (Å²) in [6, 6.07) is 8.26. The molecule has 1 aliphatic heterocycles. The molecule has 1 aromatic rings. The van der Waals surface area contributed by atoms with E-state index in [-0.39, 0.29) is 5.91 Å². The molecule has 21 heavy (non-hydrogen) atoms. The third-order valence-electron chi connectivity index (χ3n) is 4.27. The summed E-state index contributed by atoms with van der Waals surface area (Å²) < 4.78 is 5.12. The number of benzene rings is 1. The van der Waals surface area contributed by atoms with Crippen LogP contribution >= 0.6 is 0 Å². The zero-order chi connectivity index (χ0) is 15.1. The molecule has 0 unspecified atom stereocenters. The van der Waals surface area contributed by atoms with Crippen molar-refractivity contribution in [2.45, 2.75) is 39.0 Å². The van der Waals surface area contributed by atoms with Gasteiger partial charge in [-0.2, -0.15) is 0 Å². The van der Waals surface area contributed by atoms with Gasteiger partial charge in [-0.25, -0.2) is 0 Å². The molecule has 0 aliphatic carbocycles. The van der Waals surface area contributed by atoms with Crippen LogP contribution in [-0.2, 0) is 16.0 Å². The van der Waals surface area contributed by atoms with Gasteiger partial charge in [0.2, 0.25) is 5.91 Å². The van der Waals surface area contributed by atoms with E-state index in [4.69, 9.17) is 4.74 Å². The molecule has 1 fully saturated rings. The van der Waals surface area contributed by atoms with Crippen molar-refractivity contribution in [1.29, 1.82) is 0 Å². The van der Waals surface area contributed by atoms with Crippen LogP contribution in [0.1, 0.15) is 36.8 Å². The Morgan fingerprint density at radius 2 is 2.29 bits per heavy atom. The lowest BCUT2D eigenvalue weighted by molar-refractivity contribution is -0.132. The summed E-state index contributed by atoms with van der Waals surface area (Å²) in [5.41, 5.74) is 2.35. The quantitative estimate of drug-likeness (QED) is 0.753. The van der Waals surface area contributed by atoms with Crippen molar-refractivity contribution < 1.29 is 9.53 Å². The van der Waals surface area contributed by atoms with Crippen LogP contribution in [0.4, 0.5) is 0 Å². The number of aryl methyl sites for hydroxylation is 1. The Morgan fingerprint density at radius 1 is 1.43 bits per heavy atom. The third kappa shape index (κ3) is 5.16. The van der Waals surface area contributed by atoms with Crippen LogP contribution in [0, 0.1) is 12.8 Å². The average molecular weight is 289 g/mol. The molecule has 1 aliphatic rings. The number of carbonyl (C=O) groups is 1. The first-order valence-electron chi connectivity index (χ1n) is 8.01. The number of hydrogen-bond acceptors (Lipinski definition) is 2. The summed E-state index contributed by atoms with van der Waals surface area (Å²) in [7, 11) is 1.75. The molecule has 0 N–H and O–H groups in total. The third-order valence-corrected chi connectivity index (χ3v) is 4.27. The molecule has 0 aromatic heterocycles. The number of carbonyl (C=O) groups excluding carboxylic acids is 1. The minimum Gasteiger partial charge on any atom is -0.385 e. The van der Waals surface area contributed by atoms with Gasteiger partial charge in [0.05, 0.1) is 6.42 Å². The van der Waals surface area contributed by atoms with Crippen molar-refractivity contribution in [2.24, 2.45) is 5.92 Å². The Kier molecular flexibility index (Phi) is 6.24. The van der Waals surface area contributed by atoms with Crippen LogP contribution in [0.5, 0.6) is 0 Å². The highest BCUT2D eigenvalue weighted by Gasteiger charge is 2.23. The van der Waals surface area contributed by atoms with Gasteiger partial charge in [0.1, 0.15) is 0 Å². The van der Waals surface area contributed by atoms with E-state index < -0.39 is 0 Å². The fraction of sp³-hybridized carbons (Fsp3) is 0.611. The van der Waals surface area contributed by atoms with Gasteiger partial charge in [-0.05, 0) is 44.1 Å². The molecule has 0 bridgehead atoms. The largest absolute Gasteiger partial charge is 0.385 e. The Morgan fingerprint density at radius 3 is 3.05 bits per heavy atom. The van der Waals surface area contributed by atoms with E-state index in [1.54, 1.807) is 7.11 Å². The highest BCUT2D eigenvalue weighted by molar-refractivity contribution is 5.78. The molecule has 1 aromatic carbocycles. The molecule has 0 spiro atoms. The Bertz CT molecular complexity index is 458. The number of hydrogen-bond donors (Lipinski definition) is 0. The highest BCUT2D eigenvalue weighted by Crippen LogP contribution is 2.21. The minimum absolute atomic E-state index is 0.275. The number of rotatable bonds is 6. The lowest BCUT2D eigenvalue weighted by atomic mass is 9.93. The summed E-state index contributed by atoms with van der Waals surface area (Å²) in [5, 5.41) is 0. The molecule has 3 nitrogen and oxygen atoms in total. The lowest BCUT2D eigenvalue weighted by Gasteiger charge is -2.33. The maximum absolute atomic E-state index is 12.5. The molecule has 0 saturated carbocycles. The fourth-order valence-corrected chi connectivity index (χ4v) is 3.15. The van der Waals surface area contributed by atoms with Crippen LogP contribution in [0.3, 0.4) is 0 Å². The van der Waals surface area contributed by atoms with Gasteiger partial charge in [-0.1, -0.05) is 29.8 Å². The van der Waals surface area contributed by atoms with Crippen molar-refractivity contribution in [3.05, 3.63) is 35.4 Å². The number of nitrogens with zero attached hydrogens (tertiary/aromatic N) is 1. The minimum atomic E-state index is 0.275. The molecule has 1 saturated heterocycles. The zero-order valence-corrected chi connectivity index (χ0v) is 13.3. The molecular formula is C18H27NO2. The van der Waals surface area contributed by atoms with E-state index in [0.717, 1.165) is 38.1 Å². The number of methoxy groups -OCH3 is 1. The van der Waals surface area contributed by atoms with E-state index in [2.05, 4.69) is 24.0 Å². The van der Waals surface area contributed by atoms with Gasteiger partial charge in [0.25, 0.3) is 0 Å². The van der Waals surface area contributed by atoms with Crippen molar-refractivity contribution in [3.8, 4) is 0 Å². The van der Waals surface area contributed by atoms with Gasteiger partial charge < -0.3 is 9.64 Å². The maximum Gasteiger partial charge on any atom is 0.226 e. The van der Waals surface area contributed by atoms with Gasteiger partial charge in [-0.15, -0.1) is 0 Å². The fourth-order valence-electron chi connectivity index (χ4n) is 3.15. The second-order valence-electron chi connectivity index (χ2n) is 6.15. The average Bonchev–Trinajstić information content (AvgIpc) is 2.48. The Balaban J connectivity index is 1.84. The van der Waals surface area contributed by atoms with Gasteiger partial charge in [0, 0.05) is 26.8 Å². The summed E-state index contributed by atoms with van der Waals surface area (Å²) in [6.07, 6.45) is 5.19. The Hall–Kier alpha value is -1.35. The first kappa shape index (κ1) is 16.0. The normalized spacial score (nSPS) is 18.8. The van der Waals surface area contributed by atoms with E-state index >= 15 is 0 Å². The van der Waals surface area contributed by atoms with E-state index in [1.165, 1.54) is 18.4 Å². The lowest BCUT2D eigenvalue weighted by Crippen LogP contribution is -2.40. The van der Waals surface area contributed by atoms with Crippen molar-refractivity contribution in [1.82, 2.24) is 4.90 Å². The van der Waals surface area contributed by atoms with Crippen LogP contribution in [-0.4, -0.2) is 37.6 Å². The van der Waals surface area contributed by atoms with E-state index in [1.807, 2.05) is 12.1 Å². The molecular weight excluding hydrogens is 262 g/mol. The summed E-state index contributed by atoms with van der Waals surface area (Å²) in [5.74, 6) is 0.924. The Labute approximate surface area is 128 Å². The number of ether oxygens (including phenoxy) is 1. The molecule has 0 radical (unpaired) electrons. The topological polar surface area (TPSA) is 29.5 Å².